The van der Waals surface area contributed by atoms with Crippen LogP contribution in [-0.4, -0.2) is 52.6 Å². The third-order valence-electron chi connectivity index (χ3n) is 2.18. The molecule has 88 valence electrons. The Balaban J connectivity index is 2.56. The van der Waals surface area contributed by atoms with E-state index >= 15 is 0 Å². The Bertz CT molecular complexity index is 335. The van der Waals surface area contributed by atoms with Crippen LogP contribution in [0.15, 0.2) is 0 Å². The zero-order chi connectivity index (χ0) is 12.0. The number of carboxylic acid groups (broad SMARTS) is 1. The normalized spacial score (nSPS) is 19.6. The molecule has 1 aliphatic rings. The van der Waals surface area contributed by atoms with Crippen LogP contribution >= 0.6 is 11.8 Å². The number of urea groups is 1. The summed E-state index contributed by atoms with van der Waals surface area (Å²) in [4.78, 5) is 24.0. The highest BCUT2D eigenvalue weighted by molar-refractivity contribution is 7.99. The van der Waals surface area contributed by atoms with Crippen molar-refractivity contribution in [3.05, 3.63) is 0 Å². The molecule has 0 saturated carbocycles. The fourth-order valence-electron chi connectivity index (χ4n) is 1.36. The predicted molar refractivity (Wildman–Crippen MR) is 62.3 cm³/mol. The van der Waals surface area contributed by atoms with Gasteiger partial charge in [-0.15, -0.1) is 5.92 Å². The van der Waals surface area contributed by atoms with Gasteiger partial charge in [0.15, 0.2) is 0 Å². The van der Waals surface area contributed by atoms with Gasteiger partial charge >= 0.3 is 12.0 Å². The van der Waals surface area contributed by atoms with Crippen LogP contribution in [0.2, 0.25) is 0 Å². The van der Waals surface area contributed by atoms with Gasteiger partial charge in [-0.3, -0.25) is 0 Å². The van der Waals surface area contributed by atoms with E-state index in [0.29, 0.717) is 12.3 Å². The lowest BCUT2D eigenvalue weighted by Crippen LogP contribution is -2.53. The number of rotatable bonds is 2. The molecule has 1 heterocycles. The lowest BCUT2D eigenvalue weighted by atomic mass is 10.3. The molecule has 0 aromatic heterocycles. The van der Waals surface area contributed by atoms with Crippen molar-refractivity contribution in [2.75, 3.05) is 24.6 Å². The average Bonchev–Trinajstić information content (AvgIpc) is 2.29. The SMILES string of the molecule is CC#CCNC(=O)N1CCSCC1C(=O)O. The highest BCUT2D eigenvalue weighted by Gasteiger charge is 2.31. The van der Waals surface area contributed by atoms with Gasteiger partial charge in [0.05, 0.1) is 6.54 Å². The van der Waals surface area contributed by atoms with Crippen LogP contribution in [0.25, 0.3) is 0 Å². The Morgan fingerprint density at radius 2 is 2.38 bits per heavy atom. The number of amides is 2. The molecule has 0 aromatic rings. The quantitative estimate of drug-likeness (QED) is 0.680. The predicted octanol–water partition coefficient (Wildman–Crippen LogP) is 0.221. The first-order chi connectivity index (χ1) is 7.66. The van der Waals surface area contributed by atoms with Gasteiger partial charge in [0.2, 0.25) is 0 Å². The fourth-order valence-corrected chi connectivity index (χ4v) is 2.40. The molecule has 16 heavy (non-hydrogen) atoms. The van der Waals surface area contributed by atoms with Gasteiger partial charge in [-0.05, 0) is 6.92 Å². The number of hydrogen-bond acceptors (Lipinski definition) is 3. The number of thioether (sulfide) groups is 1. The first-order valence-electron chi connectivity index (χ1n) is 4.91. The zero-order valence-corrected chi connectivity index (χ0v) is 9.84. The number of carbonyl (C=O) groups excluding carboxylic acids is 1. The van der Waals surface area contributed by atoms with Gasteiger partial charge in [-0.2, -0.15) is 11.8 Å². The maximum Gasteiger partial charge on any atom is 0.327 e. The maximum absolute atomic E-state index is 11.7. The summed E-state index contributed by atoms with van der Waals surface area (Å²) < 4.78 is 0. The molecular formula is C10H14N2O3S. The summed E-state index contributed by atoms with van der Waals surface area (Å²) in [5.74, 6) is 5.62. The van der Waals surface area contributed by atoms with E-state index in [1.807, 2.05) is 0 Å². The van der Waals surface area contributed by atoms with Crippen LogP contribution < -0.4 is 5.32 Å². The van der Waals surface area contributed by atoms with E-state index < -0.39 is 12.0 Å². The average molecular weight is 242 g/mol. The van der Waals surface area contributed by atoms with Crippen LogP contribution in [0.5, 0.6) is 0 Å². The third-order valence-corrected chi connectivity index (χ3v) is 3.20. The largest absolute Gasteiger partial charge is 0.480 e. The molecule has 0 radical (unpaired) electrons. The molecule has 1 aliphatic heterocycles. The van der Waals surface area contributed by atoms with Crippen molar-refractivity contribution < 1.29 is 14.7 Å². The van der Waals surface area contributed by atoms with Crippen molar-refractivity contribution in [2.24, 2.45) is 0 Å². The van der Waals surface area contributed by atoms with Crippen LogP contribution in [-0.2, 0) is 4.79 Å². The third kappa shape index (κ3) is 3.35. The number of hydrogen-bond donors (Lipinski definition) is 2. The minimum Gasteiger partial charge on any atom is -0.480 e. The Morgan fingerprint density at radius 3 is 3.00 bits per heavy atom. The minimum absolute atomic E-state index is 0.255. The Labute approximate surface area is 98.6 Å². The highest BCUT2D eigenvalue weighted by Crippen LogP contribution is 2.16. The first-order valence-corrected chi connectivity index (χ1v) is 6.07. The topological polar surface area (TPSA) is 69.6 Å². The molecule has 0 spiro atoms. The van der Waals surface area contributed by atoms with E-state index in [1.54, 1.807) is 18.7 Å². The van der Waals surface area contributed by atoms with Gasteiger partial charge in [0.1, 0.15) is 6.04 Å². The van der Waals surface area contributed by atoms with E-state index in [0.717, 1.165) is 5.75 Å². The van der Waals surface area contributed by atoms with E-state index in [9.17, 15) is 9.59 Å². The Kier molecular flexibility index (Phi) is 4.99. The Hall–Kier alpha value is -1.35. The van der Waals surface area contributed by atoms with Gasteiger partial charge < -0.3 is 15.3 Å². The number of aliphatic carboxylic acids is 1. The van der Waals surface area contributed by atoms with Crippen LogP contribution in [0.3, 0.4) is 0 Å². The second-order valence-corrected chi connectivity index (χ2v) is 4.36. The molecule has 0 aromatic carbocycles. The molecule has 1 fully saturated rings. The molecule has 0 bridgehead atoms. The minimum atomic E-state index is -0.955. The molecule has 1 unspecified atom stereocenters. The maximum atomic E-state index is 11.7. The van der Waals surface area contributed by atoms with E-state index in [-0.39, 0.29) is 12.6 Å². The van der Waals surface area contributed by atoms with Crippen molar-refractivity contribution in [3.63, 3.8) is 0 Å². The molecule has 5 nitrogen and oxygen atoms in total. The summed E-state index contributed by atoms with van der Waals surface area (Å²) >= 11 is 1.55. The van der Waals surface area contributed by atoms with Crippen molar-refractivity contribution >= 4 is 23.8 Å². The summed E-state index contributed by atoms with van der Waals surface area (Å²) in [6, 6.07) is -1.08. The first kappa shape index (κ1) is 12.7. The van der Waals surface area contributed by atoms with Crippen LogP contribution in [0.1, 0.15) is 6.92 Å². The summed E-state index contributed by atoms with van der Waals surface area (Å²) in [5.41, 5.74) is 0. The molecule has 2 N–H and O–H groups in total. The standard InChI is InChI=1S/C10H14N2O3S/c1-2-3-4-11-10(15)12-5-6-16-7-8(12)9(13)14/h8H,4-7H2,1H3,(H,11,15)(H,13,14). The summed E-state index contributed by atoms with van der Waals surface area (Å²) in [5, 5.41) is 11.5. The summed E-state index contributed by atoms with van der Waals surface area (Å²) in [7, 11) is 0. The van der Waals surface area contributed by atoms with Crippen molar-refractivity contribution in [1.29, 1.82) is 0 Å². The van der Waals surface area contributed by atoms with E-state index in [2.05, 4.69) is 17.2 Å². The summed E-state index contributed by atoms with van der Waals surface area (Å²) in [6.07, 6.45) is 0. The molecule has 1 rings (SSSR count). The smallest absolute Gasteiger partial charge is 0.327 e. The molecule has 6 heteroatoms. The fraction of sp³-hybridized carbons (Fsp3) is 0.600. The molecule has 1 saturated heterocycles. The molecule has 0 aliphatic carbocycles. The number of nitrogens with zero attached hydrogens (tertiary/aromatic N) is 1. The summed E-state index contributed by atoms with van der Waals surface area (Å²) in [6.45, 7) is 2.40. The second kappa shape index (κ2) is 6.28. The number of nitrogens with one attached hydrogen (secondary N) is 1. The van der Waals surface area contributed by atoms with Crippen LogP contribution in [0, 0.1) is 11.8 Å². The van der Waals surface area contributed by atoms with Crippen molar-refractivity contribution in [1.82, 2.24) is 10.2 Å². The van der Waals surface area contributed by atoms with E-state index in [1.165, 1.54) is 4.90 Å². The van der Waals surface area contributed by atoms with Gasteiger partial charge in [0, 0.05) is 18.1 Å². The lowest BCUT2D eigenvalue weighted by molar-refractivity contribution is -0.141. The zero-order valence-electron chi connectivity index (χ0n) is 9.02. The second-order valence-electron chi connectivity index (χ2n) is 3.21. The van der Waals surface area contributed by atoms with Crippen molar-refractivity contribution in [2.45, 2.75) is 13.0 Å². The molecule has 1 atom stereocenters. The van der Waals surface area contributed by atoms with Gasteiger partial charge in [-0.25, -0.2) is 9.59 Å². The monoisotopic (exact) mass is 242 g/mol. The van der Waals surface area contributed by atoms with Crippen molar-refractivity contribution in [3.8, 4) is 11.8 Å². The van der Waals surface area contributed by atoms with Gasteiger partial charge in [0.25, 0.3) is 0 Å². The molecular weight excluding hydrogens is 228 g/mol. The van der Waals surface area contributed by atoms with Crippen LogP contribution in [0.4, 0.5) is 4.79 Å². The molecule has 2 amide bonds. The lowest BCUT2D eigenvalue weighted by Gasteiger charge is -2.32. The highest BCUT2D eigenvalue weighted by atomic mass is 32.2. The Morgan fingerprint density at radius 1 is 1.62 bits per heavy atom. The van der Waals surface area contributed by atoms with E-state index in [4.69, 9.17) is 5.11 Å². The van der Waals surface area contributed by atoms with Gasteiger partial charge in [-0.1, -0.05) is 5.92 Å². The number of carboxylic acids is 1. The number of carbonyl (C=O) groups is 2.